The van der Waals surface area contributed by atoms with Crippen molar-refractivity contribution in [1.82, 2.24) is 0 Å². The van der Waals surface area contributed by atoms with Crippen molar-refractivity contribution < 1.29 is 9.47 Å². The molecule has 104 valence electrons. The van der Waals surface area contributed by atoms with Gasteiger partial charge in [0.15, 0.2) is 0 Å². The monoisotopic (exact) mass is 252 g/mol. The first-order valence-corrected chi connectivity index (χ1v) is 8.12. The number of ether oxygens (including phenoxy) is 2. The lowest BCUT2D eigenvalue weighted by Crippen LogP contribution is -2.34. The standard InChI is InChI=1S/C16H28O2/c1-3-13-12-10-17-16(11-8-6-5-7-9-11)15(12)14(4-2)18-13/h11-16H,3-10H2,1-2H3. The van der Waals surface area contributed by atoms with Crippen LogP contribution in [0.2, 0.25) is 0 Å². The summed E-state index contributed by atoms with van der Waals surface area (Å²) >= 11 is 0. The molecule has 0 aromatic heterocycles. The zero-order valence-corrected chi connectivity index (χ0v) is 11.9. The van der Waals surface area contributed by atoms with Crippen molar-refractivity contribution in [2.24, 2.45) is 17.8 Å². The van der Waals surface area contributed by atoms with Crippen LogP contribution in [0.25, 0.3) is 0 Å². The zero-order chi connectivity index (χ0) is 12.5. The molecule has 0 bridgehead atoms. The molecular formula is C16H28O2. The molecule has 0 radical (unpaired) electrons. The number of hydrogen-bond acceptors (Lipinski definition) is 2. The van der Waals surface area contributed by atoms with E-state index in [1.54, 1.807) is 0 Å². The molecule has 5 unspecified atom stereocenters. The average molecular weight is 252 g/mol. The van der Waals surface area contributed by atoms with Crippen LogP contribution in [0.3, 0.4) is 0 Å². The number of rotatable bonds is 3. The maximum Gasteiger partial charge on any atom is 0.0660 e. The molecule has 1 saturated carbocycles. The normalized spacial score (nSPS) is 45.3. The van der Waals surface area contributed by atoms with E-state index in [9.17, 15) is 0 Å². The van der Waals surface area contributed by atoms with E-state index in [2.05, 4.69) is 13.8 Å². The van der Waals surface area contributed by atoms with Gasteiger partial charge in [0.05, 0.1) is 24.9 Å². The van der Waals surface area contributed by atoms with Crippen molar-refractivity contribution in [1.29, 1.82) is 0 Å². The Hall–Kier alpha value is -0.0800. The largest absolute Gasteiger partial charge is 0.377 e. The first-order valence-electron chi connectivity index (χ1n) is 8.12. The Morgan fingerprint density at radius 1 is 0.944 bits per heavy atom. The van der Waals surface area contributed by atoms with Gasteiger partial charge in [-0.25, -0.2) is 0 Å². The van der Waals surface area contributed by atoms with Crippen molar-refractivity contribution in [3.8, 4) is 0 Å². The maximum atomic E-state index is 6.27. The molecule has 2 nitrogen and oxygen atoms in total. The van der Waals surface area contributed by atoms with E-state index < -0.39 is 0 Å². The summed E-state index contributed by atoms with van der Waals surface area (Å²) < 4.78 is 12.5. The fourth-order valence-corrected chi connectivity index (χ4v) is 4.63. The molecule has 0 spiro atoms. The minimum atomic E-state index is 0.466. The predicted octanol–water partition coefficient (Wildman–Crippen LogP) is 3.79. The Morgan fingerprint density at radius 2 is 1.67 bits per heavy atom. The van der Waals surface area contributed by atoms with Crippen LogP contribution in [0.4, 0.5) is 0 Å². The minimum Gasteiger partial charge on any atom is -0.377 e. The third-order valence-corrected chi connectivity index (χ3v) is 5.53. The molecule has 2 heterocycles. The van der Waals surface area contributed by atoms with E-state index in [-0.39, 0.29) is 0 Å². The summed E-state index contributed by atoms with van der Waals surface area (Å²) in [5.41, 5.74) is 0. The first kappa shape index (κ1) is 12.9. The van der Waals surface area contributed by atoms with Crippen LogP contribution in [0.1, 0.15) is 58.8 Å². The second-order valence-corrected chi connectivity index (χ2v) is 6.47. The van der Waals surface area contributed by atoms with Crippen molar-refractivity contribution in [2.45, 2.75) is 77.1 Å². The Kier molecular flexibility index (Phi) is 3.95. The van der Waals surface area contributed by atoms with Gasteiger partial charge in [0.1, 0.15) is 0 Å². The molecule has 2 saturated heterocycles. The van der Waals surface area contributed by atoms with Gasteiger partial charge in [0.2, 0.25) is 0 Å². The zero-order valence-electron chi connectivity index (χ0n) is 11.9. The molecule has 3 aliphatic rings. The summed E-state index contributed by atoms with van der Waals surface area (Å²) in [7, 11) is 0. The smallest absolute Gasteiger partial charge is 0.0660 e. The van der Waals surface area contributed by atoms with Crippen LogP contribution >= 0.6 is 0 Å². The highest BCUT2D eigenvalue weighted by Gasteiger charge is 2.53. The average Bonchev–Trinajstić information content (AvgIpc) is 2.99. The number of hydrogen-bond donors (Lipinski definition) is 0. The van der Waals surface area contributed by atoms with Gasteiger partial charge in [-0.1, -0.05) is 33.1 Å². The fourth-order valence-electron chi connectivity index (χ4n) is 4.63. The van der Waals surface area contributed by atoms with Gasteiger partial charge in [0, 0.05) is 11.8 Å². The van der Waals surface area contributed by atoms with E-state index >= 15 is 0 Å². The van der Waals surface area contributed by atoms with Gasteiger partial charge in [-0.2, -0.15) is 0 Å². The fraction of sp³-hybridized carbons (Fsp3) is 1.00. The molecule has 18 heavy (non-hydrogen) atoms. The van der Waals surface area contributed by atoms with Crippen LogP contribution in [0, 0.1) is 17.8 Å². The lowest BCUT2D eigenvalue weighted by atomic mass is 9.75. The number of fused-ring (bicyclic) bond motifs is 1. The maximum absolute atomic E-state index is 6.27. The Balaban J connectivity index is 1.73. The van der Waals surface area contributed by atoms with Crippen LogP contribution in [0.15, 0.2) is 0 Å². The molecule has 3 rings (SSSR count). The van der Waals surface area contributed by atoms with Gasteiger partial charge in [-0.05, 0) is 31.6 Å². The van der Waals surface area contributed by atoms with E-state index in [1.165, 1.54) is 32.1 Å². The molecule has 1 aliphatic carbocycles. The quantitative estimate of drug-likeness (QED) is 0.761. The molecular weight excluding hydrogens is 224 g/mol. The molecule has 3 fully saturated rings. The second-order valence-electron chi connectivity index (χ2n) is 6.47. The first-order chi connectivity index (χ1) is 8.85. The molecule has 2 aliphatic heterocycles. The third-order valence-electron chi connectivity index (χ3n) is 5.53. The van der Waals surface area contributed by atoms with Crippen LogP contribution in [0.5, 0.6) is 0 Å². The molecule has 0 aromatic rings. The topological polar surface area (TPSA) is 18.5 Å². The SMILES string of the molecule is CCC1OC(CC)C2C1COC2C1CCCCC1. The molecule has 0 amide bonds. The summed E-state index contributed by atoms with van der Waals surface area (Å²) in [5, 5.41) is 0. The summed E-state index contributed by atoms with van der Waals surface area (Å²) in [6.07, 6.45) is 10.8. The van der Waals surface area contributed by atoms with E-state index in [0.29, 0.717) is 30.1 Å². The summed E-state index contributed by atoms with van der Waals surface area (Å²) in [6.45, 7) is 5.49. The van der Waals surface area contributed by atoms with Crippen LogP contribution in [-0.2, 0) is 9.47 Å². The van der Waals surface area contributed by atoms with E-state index in [1.807, 2.05) is 0 Å². The van der Waals surface area contributed by atoms with E-state index in [0.717, 1.165) is 25.4 Å². The van der Waals surface area contributed by atoms with Gasteiger partial charge in [-0.3, -0.25) is 0 Å². The molecule has 2 heteroatoms. The summed E-state index contributed by atoms with van der Waals surface area (Å²) in [6, 6.07) is 0. The highest BCUT2D eigenvalue weighted by Crippen LogP contribution is 2.47. The predicted molar refractivity (Wildman–Crippen MR) is 72.5 cm³/mol. The Bertz CT molecular complexity index is 272. The lowest BCUT2D eigenvalue weighted by molar-refractivity contribution is -0.0465. The van der Waals surface area contributed by atoms with Crippen molar-refractivity contribution in [2.75, 3.05) is 6.61 Å². The molecule has 0 aromatic carbocycles. The Morgan fingerprint density at radius 3 is 2.33 bits per heavy atom. The summed E-state index contributed by atoms with van der Waals surface area (Å²) in [5.74, 6) is 2.21. The Labute approximate surface area is 111 Å². The summed E-state index contributed by atoms with van der Waals surface area (Å²) in [4.78, 5) is 0. The van der Waals surface area contributed by atoms with Gasteiger partial charge < -0.3 is 9.47 Å². The molecule has 0 N–H and O–H groups in total. The lowest BCUT2D eigenvalue weighted by Gasteiger charge is -2.32. The van der Waals surface area contributed by atoms with Crippen molar-refractivity contribution in [3.05, 3.63) is 0 Å². The van der Waals surface area contributed by atoms with Crippen molar-refractivity contribution in [3.63, 3.8) is 0 Å². The second kappa shape index (κ2) is 5.50. The van der Waals surface area contributed by atoms with Gasteiger partial charge >= 0.3 is 0 Å². The van der Waals surface area contributed by atoms with E-state index in [4.69, 9.17) is 9.47 Å². The highest BCUT2D eigenvalue weighted by atomic mass is 16.5. The van der Waals surface area contributed by atoms with Crippen LogP contribution < -0.4 is 0 Å². The highest BCUT2D eigenvalue weighted by molar-refractivity contribution is 4.99. The van der Waals surface area contributed by atoms with Crippen LogP contribution in [-0.4, -0.2) is 24.9 Å². The molecule has 5 atom stereocenters. The van der Waals surface area contributed by atoms with Gasteiger partial charge in [0.25, 0.3) is 0 Å². The van der Waals surface area contributed by atoms with Gasteiger partial charge in [-0.15, -0.1) is 0 Å². The third kappa shape index (κ3) is 2.12. The minimum absolute atomic E-state index is 0.466. The van der Waals surface area contributed by atoms with Crippen molar-refractivity contribution >= 4 is 0 Å².